The van der Waals surface area contributed by atoms with Crippen molar-refractivity contribution in [3.05, 3.63) is 28.8 Å². The Morgan fingerprint density at radius 3 is 2.33 bits per heavy atom. The molecule has 0 saturated carbocycles. The molecule has 1 aliphatic rings. The van der Waals surface area contributed by atoms with E-state index in [9.17, 15) is 9.59 Å². The number of aryl methyl sites for hydroxylation is 1. The van der Waals surface area contributed by atoms with E-state index in [-0.39, 0.29) is 23.3 Å². The van der Waals surface area contributed by atoms with Crippen LogP contribution >= 0.6 is 0 Å². The Morgan fingerprint density at radius 1 is 1.08 bits per heavy atom. The molecule has 4 heteroatoms. The topological polar surface area (TPSA) is 46.6 Å². The van der Waals surface area contributed by atoms with Crippen molar-refractivity contribution >= 4 is 11.8 Å². The van der Waals surface area contributed by atoms with E-state index in [1.807, 2.05) is 26.8 Å². The highest BCUT2D eigenvalue weighted by atomic mass is 16.5. The fraction of sp³-hybridized carbons (Fsp3) is 0.600. The van der Waals surface area contributed by atoms with Crippen molar-refractivity contribution < 1.29 is 14.3 Å². The average Bonchev–Trinajstić information content (AvgIpc) is 2.66. The van der Waals surface area contributed by atoms with Gasteiger partial charge in [-0.05, 0) is 56.7 Å². The number of imide groups is 1. The van der Waals surface area contributed by atoms with Gasteiger partial charge in [0.05, 0.1) is 17.2 Å². The predicted octanol–water partition coefficient (Wildman–Crippen LogP) is 4.59. The third-order valence-electron chi connectivity index (χ3n) is 4.10. The molecule has 0 spiro atoms. The van der Waals surface area contributed by atoms with Gasteiger partial charge in [0.25, 0.3) is 11.8 Å². The summed E-state index contributed by atoms with van der Waals surface area (Å²) in [7, 11) is 0. The molecule has 132 valence electrons. The van der Waals surface area contributed by atoms with Crippen LogP contribution in [0.5, 0.6) is 5.75 Å². The van der Waals surface area contributed by atoms with Gasteiger partial charge >= 0.3 is 0 Å². The highest BCUT2D eigenvalue weighted by Crippen LogP contribution is 2.33. The monoisotopic (exact) mass is 331 g/mol. The highest BCUT2D eigenvalue weighted by Gasteiger charge is 2.38. The number of ether oxygens (including phenoxy) is 1. The molecule has 1 aromatic rings. The Hall–Kier alpha value is -1.84. The first-order valence-corrected chi connectivity index (χ1v) is 8.77. The Kier molecular flexibility index (Phi) is 5.36. The SMILES string of the molecule is Cc1cc(OC(C)C)c2c(c1)C(=O)N(CCCCC(C)(C)C)C2=O. The number of rotatable bonds is 6. The van der Waals surface area contributed by atoms with E-state index in [1.165, 1.54) is 4.90 Å². The van der Waals surface area contributed by atoms with Crippen molar-refractivity contribution in [2.24, 2.45) is 5.41 Å². The van der Waals surface area contributed by atoms with Crippen LogP contribution < -0.4 is 4.74 Å². The normalized spacial score (nSPS) is 14.5. The molecule has 1 aromatic carbocycles. The molecule has 0 saturated heterocycles. The van der Waals surface area contributed by atoms with Crippen LogP contribution in [0.1, 0.15) is 80.2 Å². The smallest absolute Gasteiger partial charge is 0.265 e. The van der Waals surface area contributed by atoms with Crippen LogP contribution in [-0.4, -0.2) is 29.4 Å². The Morgan fingerprint density at radius 2 is 1.75 bits per heavy atom. The second-order valence-corrected chi connectivity index (χ2v) is 8.13. The van der Waals surface area contributed by atoms with Crippen molar-refractivity contribution in [3.8, 4) is 5.75 Å². The van der Waals surface area contributed by atoms with Crippen LogP contribution in [0.15, 0.2) is 12.1 Å². The number of hydrogen-bond acceptors (Lipinski definition) is 3. The number of carbonyl (C=O) groups is 2. The molecule has 1 aliphatic heterocycles. The molecule has 0 atom stereocenters. The van der Waals surface area contributed by atoms with Crippen molar-refractivity contribution in [1.29, 1.82) is 0 Å². The number of amides is 2. The lowest BCUT2D eigenvalue weighted by molar-refractivity contribution is 0.0649. The number of carbonyl (C=O) groups excluding carboxylic acids is 2. The van der Waals surface area contributed by atoms with Gasteiger partial charge in [0.15, 0.2) is 0 Å². The quantitative estimate of drug-likeness (QED) is 0.565. The molecular weight excluding hydrogens is 302 g/mol. The first-order valence-electron chi connectivity index (χ1n) is 8.77. The largest absolute Gasteiger partial charge is 0.490 e. The molecular formula is C20H29NO3. The van der Waals surface area contributed by atoms with Crippen LogP contribution in [0.4, 0.5) is 0 Å². The van der Waals surface area contributed by atoms with Crippen molar-refractivity contribution in [3.63, 3.8) is 0 Å². The van der Waals surface area contributed by atoms with Crippen LogP contribution in [0.3, 0.4) is 0 Å². The van der Waals surface area contributed by atoms with Gasteiger partial charge in [-0.1, -0.05) is 27.2 Å². The molecule has 0 unspecified atom stereocenters. The van der Waals surface area contributed by atoms with E-state index in [0.29, 0.717) is 23.4 Å². The fourth-order valence-electron chi connectivity index (χ4n) is 2.99. The van der Waals surface area contributed by atoms with Crippen molar-refractivity contribution in [2.75, 3.05) is 6.54 Å². The van der Waals surface area contributed by atoms with Gasteiger partial charge in [-0.25, -0.2) is 0 Å². The van der Waals surface area contributed by atoms with E-state index in [4.69, 9.17) is 4.74 Å². The summed E-state index contributed by atoms with van der Waals surface area (Å²) in [6.07, 6.45) is 2.88. The minimum Gasteiger partial charge on any atom is -0.490 e. The maximum Gasteiger partial charge on any atom is 0.265 e. The summed E-state index contributed by atoms with van der Waals surface area (Å²) in [5.41, 5.74) is 2.11. The maximum absolute atomic E-state index is 12.7. The second-order valence-electron chi connectivity index (χ2n) is 8.13. The maximum atomic E-state index is 12.7. The minimum atomic E-state index is -0.221. The summed E-state index contributed by atoms with van der Waals surface area (Å²) < 4.78 is 5.78. The summed E-state index contributed by atoms with van der Waals surface area (Å²) in [4.78, 5) is 26.7. The van der Waals surface area contributed by atoms with Gasteiger partial charge in [0, 0.05) is 6.54 Å². The molecule has 4 nitrogen and oxygen atoms in total. The van der Waals surface area contributed by atoms with E-state index in [0.717, 1.165) is 24.8 Å². The zero-order valence-electron chi connectivity index (χ0n) is 15.7. The Balaban J connectivity index is 2.15. The van der Waals surface area contributed by atoms with Gasteiger partial charge in [-0.2, -0.15) is 0 Å². The molecule has 0 bridgehead atoms. The van der Waals surface area contributed by atoms with Gasteiger partial charge in [0.2, 0.25) is 0 Å². The molecule has 0 N–H and O–H groups in total. The second kappa shape index (κ2) is 6.96. The molecule has 0 aromatic heterocycles. The third kappa shape index (κ3) is 4.16. The lowest BCUT2D eigenvalue weighted by atomic mass is 9.90. The molecule has 1 heterocycles. The molecule has 0 radical (unpaired) electrons. The molecule has 0 aliphatic carbocycles. The number of benzene rings is 1. The lowest BCUT2D eigenvalue weighted by Gasteiger charge is -2.19. The number of nitrogens with zero attached hydrogens (tertiary/aromatic N) is 1. The summed E-state index contributed by atoms with van der Waals surface area (Å²) in [6, 6.07) is 3.63. The van der Waals surface area contributed by atoms with E-state index < -0.39 is 0 Å². The number of hydrogen-bond donors (Lipinski definition) is 0. The minimum absolute atomic E-state index is 0.0420. The number of fused-ring (bicyclic) bond motifs is 1. The molecule has 2 rings (SSSR count). The Labute approximate surface area is 145 Å². The van der Waals surface area contributed by atoms with E-state index in [1.54, 1.807) is 6.07 Å². The van der Waals surface area contributed by atoms with Crippen LogP contribution in [-0.2, 0) is 0 Å². The standard InChI is InChI=1S/C20H29NO3/c1-13(2)24-16-12-14(3)11-15-17(16)19(23)21(18(15)22)10-8-7-9-20(4,5)6/h11-13H,7-10H2,1-6H3. The van der Waals surface area contributed by atoms with Gasteiger partial charge in [-0.3, -0.25) is 14.5 Å². The summed E-state index contributed by atoms with van der Waals surface area (Å²) >= 11 is 0. The van der Waals surface area contributed by atoms with Crippen molar-refractivity contribution in [1.82, 2.24) is 4.90 Å². The number of unbranched alkanes of at least 4 members (excludes halogenated alkanes) is 1. The first kappa shape index (κ1) is 18.5. The first-order chi connectivity index (χ1) is 11.1. The zero-order valence-corrected chi connectivity index (χ0v) is 15.7. The van der Waals surface area contributed by atoms with E-state index in [2.05, 4.69) is 20.8 Å². The van der Waals surface area contributed by atoms with Crippen LogP contribution in [0.25, 0.3) is 0 Å². The summed E-state index contributed by atoms with van der Waals surface area (Å²) in [5.74, 6) is 0.111. The Bertz CT molecular complexity index is 641. The summed E-state index contributed by atoms with van der Waals surface area (Å²) in [6.45, 7) is 12.8. The fourth-order valence-corrected chi connectivity index (χ4v) is 2.99. The average molecular weight is 331 g/mol. The van der Waals surface area contributed by atoms with Gasteiger partial charge in [0.1, 0.15) is 5.75 Å². The predicted molar refractivity (Wildman–Crippen MR) is 95.6 cm³/mol. The molecule has 0 fully saturated rings. The van der Waals surface area contributed by atoms with Crippen LogP contribution in [0.2, 0.25) is 0 Å². The van der Waals surface area contributed by atoms with Gasteiger partial charge in [-0.15, -0.1) is 0 Å². The lowest BCUT2D eigenvalue weighted by Crippen LogP contribution is -2.31. The van der Waals surface area contributed by atoms with E-state index >= 15 is 0 Å². The zero-order chi connectivity index (χ0) is 18.1. The van der Waals surface area contributed by atoms with Gasteiger partial charge < -0.3 is 4.74 Å². The molecule has 24 heavy (non-hydrogen) atoms. The summed E-state index contributed by atoms with van der Waals surface area (Å²) in [5, 5.41) is 0. The van der Waals surface area contributed by atoms with Crippen molar-refractivity contribution in [2.45, 2.75) is 66.9 Å². The third-order valence-corrected chi connectivity index (χ3v) is 4.10. The highest BCUT2D eigenvalue weighted by molar-refractivity contribution is 6.22. The molecule has 2 amide bonds. The van der Waals surface area contributed by atoms with Crippen LogP contribution in [0, 0.1) is 12.3 Å².